The molecular formula is C8H20NNaO7Si. The minimum absolute atomic E-state index is 0. The van der Waals surface area contributed by atoms with E-state index in [4.69, 9.17) is 34.5 Å². The van der Waals surface area contributed by atoms with Gasteiger partial charge < -0.3 is 39.0 Å². The Labute approximate surface area is 130 Å². The first kappa shape index (κ1) is 23.5. The van der Waals surface area contributed by atoms with Crippen LogP contribution in [-0.2, 0) is 4.46 Å². The molecule has 8 nitrogen and oxygen atoms in total. The average Bonchev–Trinajstić information content (AvgIpc) is 2.18. The molecule has 0 aromatic rings. The van der Waals surface area contributed by atoms with Gasteiger partial charge >= 0.3 is 29.6 Å². The van der Waals surface area contributed by atoms with Gasteiger partial charge in [0.1, 0.15) is 26.2 Å². The van der Waals surface area contributed by atoms with E-state index in [0.717, 1.165) is 0 Å². The Kier molecular flexibility index (Phi) is 20.2. The summed E-state index contributed by atoms with van der Waals surface area (Å²) < 4.78 is 8.89. The van der Waals surface area contributed by atoms with Gasteiger partial charge in [-0.2, -0.15) is 0 Å². The first-order chi connectivity index (χ1) is 7.97. The van der Waals surface area contributed by atoms with E-state index in [1.807, 2.05) is 0 Å². The Bertz CT molecular complexity index is 165. The number of hydrogen-bond acceptors (Lipinski definition) is 7. The fourth-order valence-corrected chi connectivity index (χ4v) is 1.52. The predicted octanol–water partition coefficient (Wildman–Crippen LogP) is -8.10. The van der Waals surface area contributed by atoms with E-state index < -0.39 is 9.17 Å². The van der Waals surface area contributed by atoms with Crippen LogP contribution in [0.3, 0.4) is 0 Å². The Morgan fingerprint density at radius 3 is 1.06 bits per heavy atom. The minimum atomic E-state index is -3.63. The molecule has 0 rings (SSSR count). The summed E-state index contributed by atoms with van der Waals surface area (Å²) in [5, 5.41) is 35.3. The van der Waals surface area contributed by atoms with Crippen LogP contribution >= 0.6 is 0 Å². The quantitative estimate of drug-likeness (QED) is 0.257. The Balaban J connectivity index is -0.000000392. The number of hydrogen-bond donors (Lipinski definition) is 4. The van der Waals surface area contributed by atoms with Crippen molar-refractivity contribution >= 4 is 9.17 Å². The van der Waals surface area contributed by atoms with Crippen molar-refractivity contribution in [1.82, 2.24) is 0 Å². The second-order valence-electron chi connectivity index (χ2n) is 3.38. The standard InChI is InChI=1S/C8H20NO4.Na.O3Si/c10-5-1-9(2-6-11,3-7-12)4-8-13;;1-4(2)3/h10-13H,1-8H2;;/q2*+1;-2. The van der Waals surface area contributed by atoms with Crippen LogP contribution in [0.5, 0.6) is 0 Å². The van der Waals surface area contributed by atoms with E-state index in [1.54, 1.807) is 0 Å². The van der Waals surface area contributed by atoms with Crippen molar-refractivity contribution in [2.75, 3.05) is 52.6 Å². The summed E-state index contributed by atoms with van der Waals surface area (Å²) in [5.74, 6) is 0. The monoisotopic (exact) mass is 293 g/mol. The second kappa shape index (κ2) is 15.5. The van der Waals surface area contributed by atoms with Crippen LogP contribution in [-0.4, -0.2) is 86.7 Å². The van der Waals surface area contributed by atoms with Crippen molar-refractivity contribution in [3.8, 4) is 0 Å². The van der Waals surface area contributed by atoms with Gasteiger partial charge in [0.25, 0.3) is 0 Å². The van der Waals surface area contributed by atoms with Gasteiger partial charge in [0.15, 0.2) is 0 Å². The van der Waals surface area contributed by atoms with Gasteiger partial charge in [-0.05, 0) is 0 Å². The van der Waals surface area contributed by atoms with Crippen molar-refractivity contribution < 1.29 is 68.5 Å². The van der Waals surface area contributed by atoms with Crippen molar-refractivity contribution in [2.24, 2.45) is 0 Å². The summed E-state index contributed by atoms with van der Waals surface area (Å²) >= 11 is 0. The zero-order valence-electron chi connectivity index (χ0n) is 10.6. The molecule has 0 heterocycles. The van der Waals surface area contributed by atoms with Crippen LogP contribution in [0.4, 0.5) is 0 Å². The van der Waals surface area contributed by atoms with Crippen molar-refractivity contribution in [3.05, 3.63) is 0 Å². The first-order valence-corrected chi connectivity index (χ1v) is 6.37. The maximum absolute atomic E-state index is 8.82. The van der Waals surface area contributed by atoms with E-state index >= 15 is 0 Å². The Hall–Kier alpha value is 0.417. The third kappa shape index (κ3) is 14.5. The molecule has 0 aromatic carbocycles. The third-order valence-electron chi connectivity index (χ3n) is 2.30. The predicted molar refractivity (Wildman–Crippen MR) is 54.5 cm³/mol. The zero-order valence-corrected chi connectivity index (χ0v) is 13.6. The van der Waals surface area contributed by atoms with Crippen LogP contribution < -0.4 is 39.1 Å². The zero-order chi connectivity index (χ0) is 13.7. The molecule has 4 N–H and O–H groups in total. The second-order valence-corrected chi connectivity index (χ2v) is 3.88. The van der Waals surface area contributed by atoms with Crippen LogP contribution in [0.15, 0.2) is 0 Å². The topological polar surface area (TPSA) is 144 Å². The number of nitrogens with zero attached hydrogens (tertiary/aromatic N) is 1. The molecule has 0 radical (unpaired) electrons. The molecule has 0 spiro atoms. The number of quaternary nitrogens is 1. The van der Waals surface area contributed by atoms with Crippen LogP contribution in [0.1, 0.15) is 0 Å². The maximum atomic E-state index is 8.82. The van der Waals surface area contributed by atoms with Gasteiger partial charge in [-0.15, -0.1) is 0 Å². The van der Waals surface area contributed by atoms with Crippen molar-refractivity contribution in [2.45, 2.75) is 0 Å². The summed E-state index contributed by atoms with van der Waals surface area (Å²) in [4.78, 5) is 17.0. The van der Waals surface area contributed by atoms with Crippen LogP contribution in [0, 0.1) is 0 Å². The normalized spacial score (nSPS) is 10.0. The average molecular weight is 293 g/mol. The molecule has 104 valence electrons. The molecular weight excluding hydrogens is 273 g/mol. The van der Waals surface area contributed by atoms with Gasteiger partial charge in [0, 0.05) is 9.17 Å². The smallest absolute Gasteiger partial charge is 0.672 e. The van der Waals surface area contributed by atoms with E-state index in [1.165, 1.54) is 0 Å². The molecule has 0 aliphatic carbocycles. The molecule has 0 aliphatic heterocycles. The van der Waals surface area contributed by atoms with E-state index in [-0.39, 0.29) is 56.0 Å². The van der Waals surface area contributed by atoms with E-state index in [0.29, 0.717) is 30.7 Å². The molecule has 0 unspecified atom stereocenters. The van der Waals surface area contributed by atoms with Crippen molar-refractivity contribution in [3.63, 3.8) is 0 Å². The fourth-order valence-electron chi connectivity index (χ4n) is 1.52. The Morgan fingerprint density at radius 1 is 0.778 bits per heavy atom. The maximum Gasteiger partial charge on any atom is 1.00 e. The number of aliphatic hydroxyl groups excluding tert-OH is 4. The first-order valence-electron chi connectivity index (χ1n) is 5.14. The van der Waals surface area contributed by atoms with Gasteiger partial charge in [-0.3, -0.25) is 0 Å². The SMILES string of the molecule is O=[Si]([O-])[O-].OCC[N+](CCO)(CCO)CCO.[Na+]. The molecule has 18 heavy (non-hydrogen) atoms. The van der Waals surface area contributed by atoms with Crippen LogP contribution in [0.2, 0.25) is 0 Å². The van der Waals surface area contributed by atoms with Crippen LogP contribution in [0.25, 0.3) is 0 Å². The van der Waals surface area contributed by atoms with Gasteiger partial charge in [-0.25, -0.2) is 0 Å². The Morgan fingerprint density at radius 2 is 0.944 bits per heavy atom. The summed E-state index contributed by atoms with van der Waals surface area (Å²) in [5.41, 5.74) is 0. The third-order valence-corrected chi connectivity index (χ3v) is 2.30. The van der Waals surface area contributed by atoms with Gasteiger partial charge in [-0.1, -0.05) is 0 Å². The summed E-state index contributed by atoms with van der Waals surface area (Å²) in [6.07, 6.45) is 0. The molecule has 0 aromatic heterocycles. The molecule has 0 saturated heterocycles. The number of rotatable bonds is 8. The minimum Gasteiger partial charge on any atom is -0.672 e. The molecule has 0 bridgehead atoms. The summed E-state index contributed by atoms with van der Waals surface area (Å²) in [6.45, 7) is 1.84. The molecule has 0 amide bonds. The van der Waals surface area contributed by atoms with Gasteiger partial charge in [0.05, 0.1) is 26.4 Å². The largest absolute Gasteiger partial charge is 1.00 e. The number of aliphatic hydroxyl groups is 4. The molecule has 0 saturated carbocycles. The van der Waals surface area contributed by atoms with Crippen molar-refractivity contribution in [1.29, 1.82) is 0 Å². The molecule has 0 atom stereocenters. The summed E-state index contributed by atoms with van der Waals surface area (Å²) in [6, 6.07) is 0. The molecule has 0 fully saturated rings. The molecule has 10 heteroatoms. The fraction of sp³-hybridized carbons (Fsp3) is 1.00. The summed E-state index contributed by atoms with van der Waals surface area (Å²) in [7, 11) is -3.63. The van der Waals surface area contributed by atoms with E-state index in [2.05, 4.69) is 0 Å². The molecule has 0 aliphatic rings. The van der Waals surface area contributed by atoms with E-state index in [9.17, 15) is 0 Å². The van der Waals surface area contributed by atoms with Gasteiger partial charge in [0.2, 0.25) is 0 Å².